The summed E-state index contributed by atoms with van der Waals surface area (Å²) in [5.74, 6) is 1.30. The highest BCUT2D eigenvalue weighted by atomic mass is 32.1. The normalized spacial score (nSPS) is 11.2. The number of anilines is 1. The van der Waals surface area contributed by atoms with E-state index in [0.29, 0.717) is 16.4 Å². The molecule has 0 radical (unpaired) electrons. The van der Waals surface area contributed by atoms with Gasteiger partial charge in [-0.25, -0.2) is 5.10 Å². The van der Waals surface area contributed by atoms with Crippen LogP contribution in [0.2, 0.25) is 0 Å². The minimum absolute atomic E-state index is 0.425. The number of aromatic amines is 1. The maximum Gasteiger partial charge on any atom is 0.216 e. The van der Waals surface area contributed by atoms with Gasteiger partial charge >= 0.3 is 0 Å². The molecular formula is C15H15N5OS. The van der Waals surface area contributed by atoms with Gasteiger partial charge in [-0.3, -0.25) is 0 Å². The minimum atomic E-state index is 0.425. The van der Waals surface area contributed by atoms with Crippen LogP contribution in [0.25, 0.3) is 11.4 Å². The molecule has 22 heavy (non-hydrogen) atoms. The Morgan fingerprint density at radius 3 is 2.68 bits per heavy atom. The molecule has 0 aliphatic carbocycles. The number of nitrogens with one attached hydrogen (secondary N) is 1. The third kappa shape index (κ3) is 2.84. The lowest BCUT2D eigenvalue weighted by molar-refractivity contribution is 0.559. The van der Waals surface area contributed by atoms with Gasteiger partial charge < -0.3 is 9.32 Å². The van der Waals surface area contributed by atoms with Crippen LogP contribution in [0.15, 0.2) is 52.2 Å². The highest BCUT2D eigenvalue weighted by Crippen LogP contribution is 2.21. The molecule has 2 aromatic heterocycles. The van der Waals surface area contributed by atoms with Crippen LogP contribution in [-0.4, -0.2) is 35.2 Å². The Hall–Kier alpha value is -2.67. The fourth-order valence-electron chi connectivity index (χ4n) is 1.97. The van der Waals surface area contributed by atoms with Crippen LogP contribution in [0.3, 0.4) is 0 Å². The molecule has 1 N–H and O–H groups in total. The molecule has 3 aromatic rings. The highest BCUT2D eigenvalue weighted by molar-refractivity contribution is 7.71. The van der Waals surface area contributed by atoms with Gasteiger partial charge in [0.1, 0.15) is 5.76 Å². The second kappa shape index (κ2) is 5.98. The molecule has 0 spiro atoms. The van der Waals surface area contributed by atoms with Crippen molar-refractivity contribution in [2.75, 3.05) is 19.0 Å². The third-order valence-corrected chi connectivity index (χ3v) is 3.40. The summed E-state index contributed by atoms with van der Waals surface area (Å²) in [7, 11) is 4.00. The van der Waals surface area contributed by atoms with Gasteiger partial charge in [0.15, 0.2) is 5.82 Å². The molecule has 0 unspecified atom stereocenters. The van der Waals surface area contributed by atoms with Gasteiger partial charge in [-0.2, -0.15) is 14.9 Å². The van der Waals surface area contributed by atoms with E-state index < -0.39 is 0 Å². The van der Waals surface area contributed by atoms with E-state index in [0.717, 1.165) is 11.3 Å². The van der Waals surface area contributed by atoms with Crippen LogP contribution in [0, 0.1) is 4.77 Å². The zero-order valence-corrected chi connectivity index (χ0v) is 13.0. The quantitative estimate of drug-likeness (QED) is 0.594. The third-order valence-electron chi connectivity index (χ3n) is 3.14. The van der Waals surface area contributed by atoms with E-state index in [1.807, 2.05) is 49.3 Å². The van der Waals surface area contributed by atoms with E-state index in [4.69, 9.17) is 16.6 Å². The van der Waals surface area contributed by atoms with Gasteiger partial charge in [-0.1, -0.05) is 0 Å². The average Bonchev–Trinajstić information content (AvgIpc) is 3.15. The van der Waals surface area contributed by atoms with Gasteiger partial charge in [-0.05, 0) is 48.6 Å². The van der Waals surface area contributed by atoms with Crippen LogP contribution >= 0.6 is 12.2 Å². The fourth-order valence-corrected chi connectivity index (χ4v) is 2.15. The van der Waals surface area contributed by atoms with E-state index in [2.05, 4.69) is 15.3 Å². The molecule has 2 heterocycles. The Kier molecular flexibility index (Phi) is 3.88. The second-order valence-corrected chi connectivity index (χ2v) is 5.25. The molecule has 0 saturated carbocycles. The zero-order chi connectivity index (χ0) is 15.5. The zero-order valence-electron chi connectivity index (χ0n) is 12.2. The Morgan fingerprint density at radius 1 is 1.27 bits per heavy atom. The summed E-state index contributed by atoms with van der Waals surface area (Å²) >= 11 is 5.23. The number of nitrogens with zero attached hydrogens (tertiary/aromatic N) is 4. The SMILES string of the molecule is CN(C)c1ccc(-c2n[nH]c(=S)n2/N=C/c2ccco2)cc1. The molecule has 0 aliphatic rings. The number of hydrogen-bond acceptors (Lipinski definition) is 5. The highest BCUT2D eigenvalue weighted by Gasteiger charge is 2.08. The number of furan rings is 1. The summed E-state index contributed by atoms with van der Waals surface area (Å²) < 4.78 is 7.22. The summed E-state index contributed by atoms with van der Waals surface area (Å²) in [6.45, 7) is 0. The monoisotopic (exact) mass is 313 g/mol. The van der Waals surface area contributed by atoms with E-state index >= 15 is 0 Å². The second-order valence-electron chi connectivity index (χ2n) is 4.87. The predicted molar refractivity (Wildman–Crippen MR) is 88.9 cm³/mol. The molecule has 112 valence electrons. The molecule has 0 amide bonds. The van der Waals surface area contributed by atoms with Crippen molar-refractivity contribution < 1.29 is 4.42 Å². The van der Waals surface area contributed by atoms with Crippen molar-refractivity contribution in [3.63, 3.8) is 0 Å². The van der Waals surface area contributed by atoms with Crippen LogP contribution in [0.4, 0.5) is 5.69 Å². The lowest BCUT2D eigenvalue weighted by Crippen LogP contribution is -2.08. The standard InChI is InChI=1S/C15H15N5OS/c1-19(2)12-7-5-11(6-8-12)14-17-18-15(22)20(14)16-10-13-4-3-9-21-13/h3-10H,1-2H3,(H,18,22)/b16-10+. The van der Waals surface area contributed by atoms with Crippen molar-refractivity contribution in [3.05, 3.63) is 53.2 Å². The number of benzene rings is 1. The summed E-state index contributed by atoms with van der Waals surface area (Å²) in [6.07, 6.45) is 3.19. The largest absolute Gasteiger partial charge is 0.463 e. The molecule has 7 heteroatoms. The van der Waals surface area contributed by atoms with Crippen molar-refractivity contribution in [3.8, 4) is 11.4 Å². The molecule has 1 aromatic carbocycles. The molecule has 6 nitrogen and oxygen atoms in total. The Balaban J connectivity index is 1.96. The Labute approximate surface area is 132 Å². The van der Waals surface area contributed by atoms with Crippen molar-refractivity contribution in [1.29, 1.82) is 0 Å². The molecule has 0 atom stereocenters. The van der Waals surface area contributed by atoms with Crippen LogP contribution in [0.1, 0.15) is 5.76 Å². The number of aromatic nitrogens is 3. The molecule has 0 saturated heterocycles. The van der Waals surface area contributed by atoms with Crippen LogP contribution < -0.4 is 4.90 Å². The maximum atomic E-state index is 5.23. The summed E-state index contributed by atoms with van der Waals surface area (Å²) in [6, 6.07) is 11.6. The first-order valence-electron chi connectivity index (χ1n) is 6.68. The Morgan fingerprint density at radius 2 is 2.05 bits per heavy atom. The fraction of sp³-hybridized carbons (Fsp3) is 0.133. The maximum absolute atomic E-state index is 5.23. The summed E-state index contributed by atoms with van der Waals surface area (Å²) in [5.41, 5.74) is 2.04. The number of H-pyrrole nitrogens is 1. The molecule has 0 fully saturated rings. The minimum Gasteiger partial charge on any atom is -0.463 e. The first-order chi connectivity index (χ1) is 10.6. The van der Waals surface area contributed by atoms with Gasteiger partial charge in [0.25, 0.3) is 0 Å². The number of hydrogen-bond donors (Lipinski definition) is 1. The molecule has 0 bridgehead atoms. The lowest BCUT2D eigenvalue weighted by atomic mass is 10.2. The topological polar surface area (TPSA) is 62.4 Å². The van der Waals surface area contributed by atoms with E-state index in [1.54, 1.807) is 23.2 Å². The first-order valence-corrected chi connectivity index (χ1v) is 7.09. The number of rotatable bonds is 4. The average molecular weight is 313 g/mol. The molecular weight excluding hydrogens is 298 g/mol. The van der Waals surface area contributed by atoms with Gasteiger partial charge in [-0.15, -0.1) is 0 Å². The molecule has 0 aliphatic heterocycles. The lowest BCUT2D eigenvalue weighted by Gasteiger charge is -2.12. The van der Waals surface area contributed by atoms with Gasteiger partial charge in [0, 0.05) is 25.3 Å². The van der Waals surface area contributed by atoms with Crippen molar-refractivity contribution in [2.45, 2.75) is 0 Å². The smallest absolute Gasteiger partial charge is 0.216 e. The predicted octanol–water partition coefficient (Wildman–Crippen LogP) is 3.15. The van der Waals surface area contributed by atoms with Crippen molar-refractivity contribution >= 4 is 24.1 Å². The van der Waals surface area contributed by atoms with Gasteiger partial charge in [0.2, 0.25) is 4.77 Å². The summed E-state index contributed by atoms with van der Waals surface area (Å²) in [5, 5.41) is 11.3. The Bertz CT molecular complexity index is 828. The van der Waals surface area contributed by atoms with Crippen LogP contribution in [-0.2, 0) is 0 Å². The van der Waals surface area contributed by atoms with Crippen molar-refractivity contribution in [2.24, 2.45) is 5.10 Å². The van der Waals surface area contributed by atoms with E-state index in [9.17, 15) is 0 Å². The molecule has 3 rings (SSSR count). The van der Waals surface area contributed by atoms with E-state index in [-0.39, 0.29) is 0 Å². The van der Waals surface area contributed by atoms with Crippen LogP contribution in [0.5, 0.6) is 0 Å². The van der Waals surface area contributed by atoms with E-state index in [1.165, 1.54) is 0 Å². The van der Waals surface area contributed by atoms with Crippen molar-refractivity contribution in [1.82, 2.24) is 14.9 Å². The van der Waals surface area contributed by atoms with Gasteiger partial charge in [0.05, 0.1) is 12.5 Å². The first kappa shape index (κ1) is 14.3. The summed E-state index contributed by atoms with van der Waals surface area (Å²) in [4.78, 5) is 2.04.